The van der Waals surface area contributed by atoms with Crippen LogP contribution < -0.4 is 5.43 Å². The van der Waals surface area contributed by atoms with Crippen molar-refractivity contribution in [2.24, 2.45) is 5.10 Å². The Kier molecular flexibility index (Phi) is 5.36. The molecule has 0 aliphatic heterocycles. The molecule has 0 bridgehead atoms. The van der Waals surface area contributed by atoms with Crippen molar-refractivity contribution in [3.8, 4) is 0 Å². The van der Waals surface area contributed by atoms with Crippen LogP contribution in [0.3, 0.4) is 0 Å². The third-order valence-corrected chi connectivity index (χ3v) is 3.91. The highest BCUT2D eigenvalue weighted by molar-refractivity contribution is 6.01. The van der Waals surface area contributed by atoms with E-state index < -0.39 is 4.92 Å². The molecule has 8 nitrogen and oxygen atoms in total. The van der Waals surface area contributed by atoms with Crippen molar-refractivity contribution in [1.29, 1.82) is 0 Å². The number of aromatic nitrogens is 2. The van der Waals surface area contributed by atoms with Gasteiger partial charge < -0.3 is 0 Å². The number of carbonyl (C=O) groups is 1. The van der Waals surface area contributed by atoms with Gasteiger partial charge in [0.1, 0.15) is 0 Å². The molecule has 0 aliphatic rings. The lowest BCUT2D eigenvalue weighted by Gasteiger charge is -2.06. The Morgan fingerprint density at radius 1 is 1.19 bits per heavy atom. The zero-order valence-corrected chi connectivity index (χ0v) is 14.6. The van der Waals surface area contributed by atoms with E-state index in [-0.39, 0.29) is 11.6 Å². The van der Waals surface area contributed by atoms with Crippen molar-refractivity contribution in [2.75, 3.05) is 0 Å². The summed E-state index contributed by atoms with van der Waals surface area (Å²) in [6.07, 6.45) is 3.55. The van der Waals surface area contributed by atoms with E-state index in [9.17, 15) is 14.9 Å². The zero-order valence-electron chi connectivity index (χ0n) is 14.6. The second kappa shape index (κ2) is 8.05. The van der Waals surface area contributed by atoms with Gasteiger partial charge in [0.15, 0.2) is 0 Å². The monoisotopic (exact) mass is 363 g/mol. The first kappa shape index (κ1) is 18.0. The van der Waals surface area contributed by atoms with Crippen LogP contribution in [0, 0.1) is 10.1 Å². The maximum atomic E-state index is 12.3. The minimum absolute atomic E-state index is 0.00424. The van der Waals surface area contributed by atoms with E-state index in [0.717, 1.165) is 5.56 Å². The number of nitrogens with one attached hydrogen (secondary N) is 1. The number of hydrogen-bond acceptors (Lipinski definition) is 5. The Balaban J connectivity index is 1.67. The largest absolute Gasteiger partial charge is 0.271 e. The van der Waals surface area contributed by atoms with Crippen molar-refractivity contribution in [3.63, 3.8) is 0 Å². The summed E-state index contributed by atoms with van der Waals surface area (Å²) in [6, 6.07) is 15.0. The number of amides is 1. The first-order chi connectivity index (χ1) is 13.0. The Hall–Kier alpha value is -3.81. The second-order valence-corrected chi connectivity index (χ2v) is 5.85. The Bertz CT molecular complexity index is 979. The molecule has 1 aromatic heterocycles. The number of nitro groups is 1. The predicted octanol–water partition coefficient (Wildman–Crippen LogP) is 2.99. The number of non-ortho nitro benzene ring substituents is 1. The smallest absolute Gasteiger partial charge is 0.268 e. The molecule has 0 atom stereocenters. The molecular formula is C19H17N5O3. The standard InChI is InChI=1S/C19H17N5O3/c1-14(16-6-8-18(9-7-16)24(26)27)21-22-19(25)17-5-2-4-15(12-17)13-23-11-3-10-20-23/h2-12H,13H2,1H3,(H,22,25)/b21-14-. The third kappa shape index (κ3) is 4.63. The van der Waals surface area contributed by atoms with Gasteiger partial charge in [0.2, 0.25) is 0 Å². The number of benzene rings is 2. The van der Waals surface area contributed by atoms with Crippen LogP contribution in [0.25, 0.3) is 0 Å². The van der Waals surface area contributed by atoms with Crippen LogP contribution in [-0.2, 0) is 6.54 Å². The number of nitrogens with zero attached hydrogens (tertiary/aromatic N) is 4. The molecule has 8 heteroatoms. The van der Waals surface area contributed by atoms with Crippen molar-refractivity contribution < 1.29 is 9.72 Å². The van der Waals surface area contributed by atoms with Crippen LogP contribution >= 0.6 is 0 Å². The van der Waals surface area contributed by atoms with Gasteiger partial charge >= 0.3 is 0 Å². The average molecular weight is 363 g/mol. The molecule has 1 N–H and O–H groups in total. The molecule has 0 saturated heterocycles. The van der Waals surface area contributed by atoms with Crippen LogP contribution in [-0.4, -0.2) is 26.3 Å². The summed E-state index contributed by atoms with van der Waals surface area (Å²) >= 11 is 0. The normalized spacial score (nSPS) is 11.2. The molecule has 0 unspecified atom stereocenters. The minimum atomic E-state index is -0.464. The van der Waals surface area contributed by atoms with Gasteiger partial charge in [-0.25, -0.2) is 5.43 Å². The second-order valence-electron chi connectivity index (χ2n) is 5.85. The van der Waals surface area contributed by atoms with Gasteiger partial charge in [-0.1, -0.05) is 12.1 Å². The Labute approximate surface area is 155 Å². The number of hydrazone groups is 1. The van der Waals surface area contributed by atoms with Crippen molar-refractivity contribution in [1.82, 2.24) is 15.2 Å². The molecule has 1 amide bonds. The molecular weight excluding hydrogens is 346 g/mol. The van der Waals surface area contributed by atoms with Crippen molar-refractivity contribution in [2.45, 2.75) is 13.5 Å². The van der Waals surface area contributed by atoms with Gasteiger partial charge in [0.25, 0.3) is 11.6 Å². The lowest BCUT2D eigenvalue weighted by atomic mass is 10.1. The highest BCUT2D eigenvalue weighted by Crippen LogP contribution is 2.12. The molecule has 27 heavy (non-hydrogen) atoms. The van der Waals surface area contributed by atoms with Gasteiger partial charge in [-0.05, 0) is 48.4 Å². The molecule has 0 fully saturated rings. The quantitative estimate of drug-likeness (QED) is 0.413. The zero-order chi connectivity index (χ0) is 19.2. The van der Waals surface area contributed by atoms with E-state index in [1.165, 1.54) is 12.1 Å². The lowest BCUT2D eigenvalue weighted by Crippen LogP contribution is -2.19. The molecule has 0 radical (unpaired) electrons. The summed E-state index contributed by atoms with van der Waals surface area (Å²) in [4.78, 5) is 22.6. The third-order valence-electron chi connectivity index (χ3n) is 3.91. The molecule has 3 aromatic rings. The first-order valence-electron chi connectivity index (χ1n) is 8.19. The molecule has 1 heterocycles. The molecule has 0 aliphatic carbocycles. The van der Waals surface area contributed by atoms with E-state index in [2.05, 4.69) is 15.6 Å². The fraction of sp³-hybridized carbons (Fsp3) is 0.105. The van der Waals surface area contributed by atoms with Crippen molar-refractivity contribution in [3.05, 3.63) is 93.8 Å². The van der Waals surface area contributed by atoms with Crippen molar-refractivity contribution >= 4 is 17.3 Å². The number of nitro benzene ring substituents is 1. The molecule has 2 aromatic carbocycles. The highest BCUT2D eigenvalue weighted by atomic mass is 16.6. The molecule has 0 spiro atoms. The van der Waals surface area contributed by atoms with Crippen LogP contribution in [0.15, 0.2) is 72.1 Å². The lowest BCUT2D eigenvalue weighted by molar-refractivity contribution is -0.384. The molecule has 136 valence electrons. The van der Waals surface area contributed by atoms with Crippen LogP contribution in [0.4, 0.5) is 5.69 Å². The highest BCUT2D eigenvalue weighted by Gasteiger charge is 2.08. The summed E-state index contributed by atoms with van der Waals surface area (Å²) < 4.78 is 1.77. The summed E-state index contributed by atoms with van der Waals surface area (Å²) in [5.74, 6) is -0.335. The van der Waals surface area contributed by atoms with Crippen LogP contribution in [0.1, 0.15) is 28.4 Å². The van der Waals surface area contributed by atoms with E-state index in [0.29, 0.717) is 23.4 Å². The van der Waals surface area contributed by atoms with Gasteiger partial charge in [0.05, 0.1) is 17.2 Å². The number of rotatable bonds is 6. The fourth-order valence-electron chi connectivity index (χ4n) is 2.48. The van der Waals surface area contributed by atoms with E-state index in [1.54, 1.807) is 48.1 Å². The van der Waals surface area contributed by atoms with E-state index >= 15 is 0 Å². The Morgan fingerprint density at radius 3 is 2.63 bits per heavy atom. The maximum absolute atomic E-state index is 12.3. The number of hydrogen-bond donors (Lipinski definition) is 1. The first-order valence-corrected chi connectivity index (χ1v) is 8.19. The van der Waals surface area contributed by atoms with E-state index in [1.807, 2.05) is 18.3 Å². The molecule has 3 rings (SSSR count). The minimum Gasteiger partial charge on any atom is -0.268 e. The van der Waals surface area contributed by atoms with Crippen LogP contribution in [0.5, 0.6) is 0 Å². The maximum Gasteiger partial charge on any atom is 0.271 e. The summed E-state index contributed by atoms with van der Waals surface area (Å²) in [5.41, 5.74) is 5.19. The number of carbonyl (C=O) groups excluding carboxylic acids is 1. The molecule has 0 saturated carbocycles. The summed E-state index contributed by atoms with van der Waals surface area (Å²) in [5, 5.41) is 18.9. The average Bonchev–Trinajstić information content (AvgIpc) is 3.19. The topological polar surface area (TPSA) is 102 Å². The van der Waals surface area contributed by atoms with Gasteiger partial charge in [-0.2, -0.15) is 10.2 Å². The Morgan fingerprint density at radius 2 is 1.96 bits per heavy atom. The fourth-order valence-corrected chi connectivity index (χ4v) is 2.48. The van der Waals surface area contributed by atoms with Gasteiger partial charge in [-0.15, -0.1) is 0 Å². The summed E-state index contributed by atoms with van der Waals surface area (Å²) in [6.45, 7) is 2.29. The van der Waals surface area contributed by atoms with Crippen LogP contribution in [0.2, 0.25) is 0 Å². The summed E-state index contributed by atoms with van der Waals surface area (Å²) in [7, 11) is 0. The van der Waals surface area contributed by atoms with Gasteiger partial charge in [-0.3, -0.25) is 19.6 Å². The van der Waals surface area contributed by atoms with E-state index in [4.69, 9.17) is 0 Å². The SMILES string of the molecule is C/C(=N/NC(=O)c1cccc(Cn2cccn2)c1)c1ccc([N+](=O)[O-])cc1. The predicted molar refractivity (Wildman–Crippen MR) is 101 cm³/mol. The van der Waals surface area contributed by atoms with Gasteiger partial charge in [0, 0.05) is 30.1 Å².